The Kier molecular flexibility index (Phi) is 5.93. The molecule has 0 spiro atoms. The molecule has 0 aromatic heterocycles. The van der Waals surface area contributed by atoms with Crippen LogP contribution in [0, 0.1) is 0 Å². The highest BCUT2D eigenvalue weighted by atomic mass is 32.2. The maximum atomic E-state index is 12.3. The molecule has 0 saturated carbocycles. The second-order valence-electron chi connectivity index (χ2n) is 5.63. The molecule has 0 heterocycles. The Morgan fingerprint density at radius 1 is 0.960 bits per heavy atom. The summed E-state index contributed by atoms with van der Waals surface area (Å²) in [5.74, 6) is -0.519. The predicted molar refractivity (Wildman–Crippen MR) is 97.5 cm³/mol. The van der Waals surface area contributed by atoms with Crippen LogP contribution in [0.1, 0.15) is 30.1 Å². The van der Waals surface area contributed by atoms with Gasteiger partial charge < -0.3 is 10.6 Å². The van der Waals surface area contributed by atoms with Crippen molar-refractivity contribution in [1.82, 2.24) is 0 Å². The summed E-state index contributed by atoms with van der Waals surface area (Å²) in [5, 5.41) is 5.45. The molecule has 0 saturated heterocycles. The molecule has 0 bridgehead atoms. The van der Waals surface area contributed by atoms with E-state index in [4.69, 9.17) is 0 Å². The smallest absolute Gasteiger partial charge is 0.255 e. The van der Waals surface area contributed by atoms with E-state index >= 15 is 0 Å². The number of rotatable bonds is 6. The van der Waals surface area contributed by atoms with Crippen molar-refractivity contribution in [2.45, 2.75) is 24.7 Å². The molecule has 2 rings (SSSR count). The van der Waals surface area contributed by atoms with Crippen molar-refractivity contribution in [1.29, 1.82) is 0 Å². The van der Waals surface area contributed by atoms with Crippen molar-refractivity contribution < 1.29 is 18.0 Å². The van der Waals surface area contributed by atoms with E-state index in [2.05, 4.69) is 10.6 Å². The van der Waals surface area contributed by atoms with Crippen molar-refractivity contribution in [2.24, 2.45) is 0 Å². The van der Waals surface area contributed by atoms with E-state index in [-0.39, 0.29) is 16.4 Å². The monoisotopic (exact) mass is 360 g/mol. The van der Waals surface area contributed by atoms with E-state index in [1.807, 2.05) is 6.92 Å². The fourth-order valence-corrected chi connectivity index (χ4v) is 2.86. The van der Waals surface area contributed by atoms with Gasteiger partial charge in [0.05, 0.1) is 4.90 Å². The van der Waals surface area contributed by atoms with Gasteiger partial charge in [-0.2, -0.15) is 0 Å². The maximum absolute atomic E-state index is 12.3. The summed E-state index contributed by atoms with van der Waals surface area (Å²) in [6, 6.07) is 12.6. The normalized spacial score (nSPS) is 11.0. The molecule has 25 heavy (non-hydrogen) atoms. The molecule has 0 unspecified atom stereocenters. The number of amides is 2. The average molecular weight is 360 g/mol. The number of anilines is 2. The Labute approximate surface area is 147 Å². The van der Waals surface area contributed by atoms with Gasteiger partial charge in [-0.25, -0.2) is 8.42 Å². The van der Waals surface area contributed by atoms with E-state index in [1.54, 1.807) is 24.3 Å². The molecule has 0 radical (unpaired) electrons. The molecule has 0 atom stereocenters. The zero-order valence-electron chi connectivity index (χ0n) is 14.1. The first-order chi connectivity index (χ1) is 11.8. The summed E-state index contributed by atoms with van der Waals surface area (Å²) in [6.45, 7) is 1.92. The van der Waals surface area contributed by atoms with Gasteiger partial charge in [-0.15, -0.1) is 0 Å². The van der Waals surface area contributed by atoms with Crippen LogP contribution in [0.15, 0.2) is 53.4 Å². The molecule has 2 N–H and O–H groups in total. The van der Waals surface area contributed by atoms with Crippen LogP contribution in [0.25, 0.3) is 0 Å². The molecule has 0 fully saturated rings. The van der Waals surface area contributed by atoms with Gasteiger partial charge in [-0.3, -0.25) is 9.59 Å². The molecule has 2 aromatic carbocycles. The Bertz CT molecular complexity index is 891. The fraction of sp³-hybridized carbons (Fsp3) is 0.222. The summed E-state index contributed by atoms with van der Waals surface area (Å²) < 4.78 is 23.2. The Morgan fingerprint density at radius 3 is 2.24 bits per heavy atom. The average Bonchev–Trinajstić information content (AvgIpc) is 2.54. The van der Waals surface area contributed by atoms with E-state index in [0.717, 1.165) is 12.7 Å². The zero-order chi connectivity index (χ0) is 18.4. The lowest BCUT2D eigenvalue weighted by Crippen LogP contribution is -2.14. The lowest BCUT2D eigenvalue weighted by Gasteiger charge is -2.09. The number of carbonyl (C=O) groups is 2. The number of sulfone groups is 1. The van der Waals surface area contributed by atoms with Crippen LogP contribution in [0.3, 0.4) is 0 Å². The topological polar surface area (TPSA) is 92.3 Å². The van der Waals surface area contributed by atoms with Gasteiger partial charge in [-0.05, 0) is 42.8 Å². The highest BCUT2D eigenvalue weighted by Crippen LogP contribution is 2.18. The Balaban J connectivity index is 2.14. The summed E-state index contributed by atoms with van der Waals surface area (Å²) >= 11 is 0. The SMILES string of the molecule is CCCC(=O)Nc1cccc(NC(=O)c2cccc(S(C)(=O)=O)c2)c1. The summed E-state index contributed by atoms with van der Waals surface area (Å²) in [6.07, 6.45) is 2.26. The van der Waals surface area contributed by atoms with Crippen LogP contribution in [-0.2, 0) is 14.6 Å². The van der Waals surface area contributed by atoms with E-state index < -0.39 is 15.7 Å². The van der Waals surface area contributed by atoms with Crippen molar-refractivity contribution in [3.8, 4) is 0 Å². The number of carbonyl (C=O) groups excluding carboxylic acids is 2. The number of nitrogens with one attached hydrogen (secondary N) is 2. The highest BCUT2D eigenvalue weighted by molar-refractivity contribution is 7.90. The lowest BCUT2D eigenvalue weighted by atomic mass is 10.2. The van der Waals surface area contributed by atoms with Gasteiger partial charge in [0.2, 0.25) is 5.91 Å². The first kappa shape index (κ1) is 18.7. The minimum atomic E-state index is -3.38. The third-order valence-electron chi connectivity index (χ3n) is 3.41. The van der Waals surface area contributed by atoms with Crippen LogP contribution < -0.4 is 10.6 Å². The Hall–Kier alpha value is -2.67. The summed E-state index contributed by atoms with van der Waals surface area (Å²) in [4.78, 5) is 24.1. The standard InChI is InChI=1S/C18H20N2O4S/c1-3-6-17(21)19-14-8-5-9-15(12-14)20-18(22)13-7-4-10-16(11-13)25(2,23)24/h4-5,7-12H,3,6H2,1-2H3,(H,19,21)(H,20,22). The molecule has 2 amide bonds. The molecule has 0 aliphatic carbocycles. The molecular weight excluding hydrogens is 340 g/mol. The largest absolute Gasteiger partial charge is 0.326 e. The van der Waals surface area contributed by atoms with Crippen LogP contribution in [0.2, 0.25) is 0 Å². The van der Waals surface area contributed by atoms with Crippen LogP contribution >= 0.6 is 0 Å². The minimum Gasteiger partial charge on any atom is -0.326 e. The maximum Gasteiger partial charge on any atom is 0.255 e. The molecular formula is C18H20N2O4S. The van der Waals surface area contributed by atoms with Gasteiger partial charge >= 0.3 is 0 Å². The van der Waals surface area contributed by atoms with Crippen molar-refractivity contribution in [3.63, 3.8) is 0 Å². The zero-order valence-corrected chi connectivity index (χ0v) is 14.9. The first-order valence-electron chi connectivity index (χ1n) is 7.81. The quantitative estimate of drug-likeness (QED) is 0.828. The molecule has 6 nitrogen and oxygen atoms in total. The molecule has 0 aliphatic rings. The number of hydrogen-bond donors (Lipinski definition) is 2. The molecule has 0 aliphatic heterocycles. The van der Waals surface area contributed by atoms with Crippen molar-refractivity contribution in [2.75, 3.05) is 16.9 Å². The van der Waals surface area contributed by atoms with Gasteiger partial charge in [0.25, 0.3) is 5.91 Å². The van der Waals surface area contributed by atoms with Gasteiger partial charge in [0.15, 0.2) is 9.84 Å². The minimum absolute atomic E-state index is 0.0840. The first-order valence-corrected chi connectivity index (χ1v) is 9.70. The van der Waals surface area contributed by atoms with Crippen molar-refractivity contribution in [3.05, 3.63) is 54.1 Å². The van der Waals surface area contributed by atoms with Gasteiger partial charge in [0.1, 0.15) is 0 Å². The molecule has 2 aromatic rings. The number of hydrogen-bond acceptors (Lipinski definition) is 4. The molecule has 7 heteroatoms. The van der Waals surface area contributed by atoms with E-state index in [1.165, 1.54) is 24.3 Å². The van der Waals surface area contributed by atoms with Crippen LogP contribution in [0.5, 0.6) is 0 Å². The second kappa shape index (κ2) is 7.94. The van der Waals surface area contributed by atoms with Crippen LogP contribution in [0.4, 0.5) is 11.4 Å². The molecule has 132 valence electrons. The second-order valence-corrected chi connectivity index (χ2v) is 7.65. The summed E-state index contributed by atoms with van der Waals surface area (Å²) in [5.41, 5.74) is 1.33. The predicted octanol–water partition coefficient (Wildman–Crippen LogP) is 3.08. The van der Waals surface area contributed by atoms with Crippen LogP contribution in [-0.4, -0.2) is 26.5 Å². The van der Waals surface area contributed by atoms with Gasteiger partial charge in [-0.1, -0.05) is 19.1 Å². The lowest BCUT2D eigenvalue weighted by molar-refractivity contribution is -0.116. The van der Waals surface area contributed by atoms with Crippen molar-refractivity contribution >= 4 is 33.0 Å². The van der Waals surface area contributed by atoms with Gasteiger partial charge in [0, 0.05) is 29.6 Å². The van der Waals surface area contributed by atoms with E-state index in [0.29, 0.717) is 17.8 Å². The third-order valence-corrected chi connectivity index (χ3v) is 4.52. The van der Waals surface area contributed by atoms with E-state index in [9.17, 15) is 18.0 Å². The fourth-order valence-electron chi connectivity index (χ4n) is 2.20. The third kappa shape index (κ3) is 5.42. The highest BCUT2D eigenvalue weighted by Gasteiger charge is 2.12. The Morgan fingerprint density at radius 2 is 1.60 bits per heavy atom. The number of benzene rings is 2. The summed E-state index contributed by atoms with van der Waals surface area (Å²) in [7, 11) is -3.38.